The molecule has 1 N–H and O–H groups in total. The van der Waals surface area contributed by atoms with Gasteiger partial charge in [0, 0.05) is 11.8 Å². The summed E-state index contributed by atoms with van der Waals surface area (Å²) in [6.45, 7) is 1.21. The fraction of sp³-hybridized carbons (Fsp3) is 0.294. The van der Waals surface area contributed by atoms with Gasteiger partial charge in [0.2, 0.25) is 0 Å². The van der Waals surface area contributed by atoms with Crippen LogP contribution in [0.5, 0.6) is 5.75 Å². The normalized spacial score (nSPS) is 17.8. The van der Waals surface area contributed by atoms with Gasteiger partial charge in [0.15, 0.2) is 0 Å². The van der Waals surface area contributed by atoms with Crippen molar-refractivity contribution in [3.05, 3.63) is 42.0 Å². The van der Waals surface area contributed by atoms with Gasteiger partial charge in [-0.3, -0.25) is 0 Å². The van der Waals surface area contributed by atoms with E-state index in [4.69, 9.17) is 14.6 Å². The first kappa shape index (κ1) is 13.0. The van der Waals surface area contributed by atoms with E-state index in [0.29, 0.717) is 6.61 Å². The second-order valence-corrected chi connectivity index (χ2v) is 4.72. The number of aliphatic hydroxyl groups excluding tert-OH is 1. The molecule has 1 aliphatic rings. The molecule has 0 aliphatic carbocycles. The first-order valence-electron chi connectivity index (χ1n) is 6.74. The first-order valence-corrected chi connectivity index (χ1v) is 6.74. The molecule has 3 nitrogen and oxygen atoms in total. The van der Waals surface area contributed by atoms with E-state index in [0.717, 1.165) is 35.1 Å². The Morgan fingerprint density at radius 2 is 2.15 bits per heavy atom. The largest absolute Gasteiger partial charge is 0.487 e. The van der Waals surface area contributed by atoms with Crippen LogP contribution in [-0.2, 0) is 4.74 Å². The molecule has 2 aromatic rings. The summed E-state index contributed by atoms with van der Waals surface area (Å²) >= 11 is 0. The van der Waals surface area contributed by atoms with Crippen molar-refractivity contribution in [2.45, 2.75) is 12.5 Å². The van der Waals surface area contributed by atoms with E-state index in [-0.39, 0.29) is 12.7 Å². The van der Waals surface area contributed by atoms with E-state index in [9.17, 15) is 0 Å². The third-order valence-electron chi connectivity index (χ3n) is 3.36. The summed E-state index contributed by atoms with van der Waals surface area (Å²) < 4.78 is 11.3. The Kier molecular flexibility index (Phi) is 3.87. The average molecular weight is 268 g/mol. The van der Waals surface area contributed by atoms with Gasteiger partial charge in [-0.1, -0.05) is 42.2 Å². The van der Waals surface area contributed by atoms with Crippen molar-refractivity contribution in [1.82, 2.24) is 0 Å². The molecule has 20 heavy (non-hydrogen) atoms. The minimum Gasteiger partial charge on any atom is -0.487 e. The van der Waals surface area contributed by atoms with E-state index in [1.54, 1.807) is 0 Å². The van der Waals surface area contributed by atoms with Gasteiger partial charge in [0.1, 0.15) is 18.5 Å². The van der Waals surface area contributed by atoms with Crippen LogP contribution in [0, 0.1) is 11.8 Å². The Balaban J connectivity index is 2.05. The smallest absolute Gasteiger partial charge is 0.136 e. The number of ether oxygens (including phenoxy) is 2. The molecule has 3 heteroatoms. The Labute approximate surface area is 118 Å². The van der Waals surface area contributed by atoms with Crippen molar-refractivity contribution in [3.63, 3.8) is 0 Å². The second-order valence-electron chi connectivity index (χ2n) is 4.72. The van der Waals surface area contributed by atoms with E-state index < -0.39 is 0 Å². The molecule has 1 fully saturated rings. The van der Waals surface area contributed by atoms with Gasteiger partial charge < -0.3 is 14.6 Å². The summed E-state index contributed by atoms with van der Waals surface area (Å²) in [7, 11) is 0. The van der Waals surface area contributed by atoms with E-state index in [1.807, 2.05) is 36.4 Å². The van der Waals surface area contributed by atoms with Gasteiger partial charge in [-0.15, -0.1) is 0 Å². The fourth-order valence-electron chi connectivity index (χ4n) is 2.39. The van der Waals surface area contributed by atoms with Gasteiger partial charge in [-0.05, 0) is 11.5 Å². The molecule has 1 heterocycles. The molecule has 102 valence electrons. The van der Waals surface area contributed by atoms with Crippen LogP contribution in [0.1, 0.15) is 12.0 Å². The van der Waals surface area contributed by atoms with Crippen LogP contribution < -0.4 is 4.74 Å². The summed E-state index contributed by atoms with van der Waals surface area (Å²) in [5.74, 6) is 6.49. The summed E-state index contributed by atoms with van der Waals surface area (Å²) in [6.07, 6.45) is 0.991. The topological polar surface area (TPSA) is 38.7 Å². The SMILES string of the molecule is OCC#Cc1c(OC2CCOC2)ccc2ccccc12. The molecule has 1 saturated heterocycles. The molecule has 0 spiro atoms. The van der Waals surface area contributed by atoms with Crippen LogP contribution in [0.15, 0.2) is 36.4 Å². The van der Waals surface area contributed by atoms with Gasteiger partial charge >= 0.3 is 0 Å². The zero-order valence-corrected chi connectivity index (χ0v) is 11.1. The van der Waals surface area contributed by atoms with Crippen molar-refractivity contribution < 1.29 is 14.6 Å². The highest BCUT2D eigenvalue weighted by Gasteiger charge is 2.19. The lowest BCUT2D eigenvalue weighted by molar-refractivity contribution is 0.141. The van der Waals surface area contributed by atoms with Crippen LogP contribution in [0.2, 0.25) is 0 Å². The Morgan fingerprint density at radius 3 is 2.95 bits per heavy atom. The van der Waals surface area contributed by atoms with Crippen LogP contribution in [0.25, 0.3) is 10.8 Å². The monoisotopic (exact) mass is 268 g/mol. The van der Waals surface area contributed by atoms with Crippen LogP contribution in [-0.4, -0.2) is 31.0 Å². The predicted molar refractivity (Wildman–Crippen MR) is 77.8 cm³/mol. The summed E-state index contributed by atoms with van der Waals surface area (Å²) in [5.41, 5.74) is 0.837. The molecule has 0 radical (unpaired) electrons. The second kappa shape index (κ2) is 5.96. The van der Waals surface area contributed by atoms with Crippen molar-refractivity contribution in [2.75, 3.05) is 19.8 Å². The minimum absolute atomic E-state index is 0.0887. The number of aliphatic hydroxyl groups is 1. The average Bonchev–Trinajstić information content (AvgIpc) is 2.99. The lowest BCUT2D eigenvalue weighted by Crippen LogP contribution is -2.16. The summed E-state index contributed by atoms with van der Waals surface area (Å²) in [5, 5.41) is 11.1. The molecule has 1 aliphatic heterocycles. The zero-order valence-electron chi connectivity index (χ0n) is 11.1. The number of benzene rings is 2. The molecule has 0 amide bonds. The maximum absolute atomic E-state index is 8.94. The first-order chi connectivity index (χ1) is 9.88. The molecule has 2 aromatic carbocycles. The lowest BCUT2D eigenvalue weighted by atomic mass is 10.0. The number of rotatable bonds is 2. The summed E-state index contributed by atoms with van der Waals surface area (Å²) in [4.78, 5) is 0. The number of fused-ring (bicyclic) bond motifs is 1. The highest BCUT2D eigenvalue weighted by atomic mass is 16.5. The minimum atomic E-state index is -0.158. The van der Waals surface area contributed by atoms with E-state index in [1.165, 1.54) is 0 Å². The molecular formula is C17H16O3. The molecule has 0 bridgehead atoms. The fourth-order valence-corrected chi connectivity index (χ4v) is 2.39. The quantitative estimate of drug-likeness (QED) is 0.850. The summed E-state index contributed by atoms with van der Waals surface area (Å²) in [6, 6.07) is 12.0. The molecular weight excluding hydrogens is 252 g/mol. The highest BCUT2D eigenvalue weighted by molar-refractivity contribution is 5.90. The van der Waals surface area contributed by atoms with Crippen LogP contribution in [0.3, 0.4) is 0 Å². The maximum atomic E-state index is 8.94. The van der Waals surface area contributed by atoms with Crippen molar-refractivity contribution in [2.24, 2.45) is 0 Å². The van der Waals surface area contributed by atoms with E-state index >= 15 is 0 Å². The van der Waals surface area contributed by atoms with Crippen LogP contribution >= 0.6 is 0 Å². The third kappa shape index (κ3) is 2.62. The Bertz CT molecular complexity index is 661. The molecule has 1 unspecified atom stereocenters. The van der Waals surface area contributed by atoms with Gasteiger partial charge in [-0.25, -0.2) is 0 Å². The number of hydrogen-bond donors (Lipinski definition) is 1. The van der Waals surface area contributed by atoms with Crippen molar-refractivity contribution in [3.8, 4) is 17.6 Å². The van der Waals surface area contributed by atoms with Crippen molar-refractivity contribution in [1.29, 1.82) is 0 Å². The molecule has 1 atom stereocenters. The van der Waals surface area contributed by atoms with Gasteiger partial charge in [-0.2, -0.15) is 0 Å². The number of hydrogen-bond acceptors (Lipinski definition) is 3. The van der Waals surface area contributed by atoms with Gasteiger partial charge in [0.05, 0.1) is 18.8 Å². The van der Waals surface area contributed by atoms with E-state index in [2.05, 4.69) is 11.8 Å². The molecule has 3 rings (SSSR count). The Hall–Kier alpha value is -2.02. The Morgan fingerprint density at radius 1 is 1.25 bits per heavy atom. The predicted octanol–water partition coefficient (Wildman–Crippen LogP) is 2.35. The highest BCUT2D eigenvalue weighted by Crippen LogP contribution is 2.29. The van der Waals surface area contributed by atoms with Crippen LogP contribution in [0.4, 0.5) is 0 Å². The molecule has 0 aromatic heterocycles. The van der Waals surface area contributed by atoms with Gasteiger partial charge in [0.25, 0.3) is 0 Å². The van der Waals surface area contributed by atoms with Crippen molar-refractivity contribution >= 4 is 10.8 Å². The maximum Gasteiger partial charge on any atom is 0.136 e. The zero-order chi connectivity index (χ0) is 13.8. The third-order valence-corrected chi connectivity index (χ3v) is 3.36. The standard InChI is InChI=1S/C17H16O3/c18-10-3-6-16-15-5-2-1-4-13(15)7-8-17(16)20-14-9-11-19-12-14/h1-2,4-5,7-8,14,18H,9-12H2. The lowest BCUT2D eigenvalue weighted by Gasteiger charge is -2.15. The molecule has 0 saturated carbocycles.